The molecule has 2 fully saturated rings. The third-order valence-corrected chi connectivity index (χ3v) is 3.97. The van der Waals surface area contributed by atoms with E-state index in [1.807, 2.05) is 0 Å². The van der Waals surface area contributed by atoms with Crippen molar-refractivity contribution in [2.75, 3.05) is 19.6 Å². The third kappa shape index (κ3) is 3.46. The van der Waals surface area contributed by atoms with Gasteiger partial charge in [0.1, 0.15) is 0 Å². The number of piperazine rings is 1. The molecule has 2 rings (SSSR count). The van der Waals surface area contributed by atoms with Gasteiger partial charge in [-0.25, -0.2) is 0 Å². The highest BCUT2D eigenvalue weighted by atomic mass is 15.2. The molecule has 0 spiro atoms. The fraction of sp³-hybridized carbons (Fsp3) is 1.00. The van der Waals surface area contributed by atoms with Crippen LogP contribution in [0.5, 0.6) is 0 Å². The second-order valence-electron chi connectivity index (χ2n) is 7.02. The molecular formula is C14H28N2. The van der Waals surface area contributed by atoms with Gasteiger partial charge in [0.2, 0.25) is 0 Å². The van der Waals surface area contributed by atoms with Gasteiger partial charge in [-0.3, -0.25) is 4.90 Å². The van der Waals surface area contributed by atoms with Crippen LogP contribution in [0, 0.1) is 11.3 Å². The van der Waals surface area contributed by atoms with Crippen molar-refractivity contribution in [1.29, 1.82) is 0 Å². The Kier molecular flexibility index (Phi) is 3.60. The molecule has 2 aliphatic rings. The van der Waals surface area contributed by atoms with Crippen LogP contribution < -0.4 is 5.32 Å². The first kappa shape index (κ1) is 12.4. The third-order valence-electron chi connectivity index (χ3n) is 3.97. The summed E-state index contributed by atoms with van der Waals surface area (Å²) in [5, 5.41) is 3.64. The fourth-order valence-electron chi connectivity index (χ4n) is 2.68. The minimum atomic E-state index is 0.474. The van der Waals surface area contributed by atoms with Crippen molar-refractivity contribution in [2.45, 2.75) is 59.0 Å². The van der Waals surface area contributed by atoms with Crippen LogP contribution in [0.2, 0.25) is 0 Å². The Bertz CT molecular complexity index is 227. The molecule has 1 heterocycles. The van der Waals surface area contributed by atoms with Gasteiger partial charge in [-0.05, 0) is 44.1 Å². The molecule has 94 valence electrons. The highest BCUT2D eigenvalue weighted by Crippen LogP contribution is 2.36. The molecule has 0 amide bonds. The monoisotopic (exact) mass is 224 g/mol. The lowest BCUT2D eigenvalue weighted by molar-refractivity contribution is 0.105. The van der Waals surface area contributed by atoms with Crippen molar-refractivity contribution in [2.24, 2.45) is 11.3 Å². The van der Waals surface area contributed by atoms with Crippen molar-refractivity contribution >= 4 is 0 Å². The molecule has 1 saturated heterocycles. The van der Waals surface area contributed by atoms with E-state index in [-0.39, 0.29) is 0 Å². The molecular weight excluding hydrogens is 196 g/mol. The van der Waals surface area contributed by atoms with E-state index in [1.165, 1.54) is 38.9 Å². The summed E-state index contributed by atoms with van der Waals surface area (Å²) in [6.07, 6.45) is 4.25. The minimum Gasteiger partial charge on any atom is -0.311 e. The molecule has 0 bridgehead atoms. The largest absolute Gasteiger partial charge is 0.311 e. The van der Waals surface area contributed by atoms with Crippen LogP contribution in [0.1, 0.15) is 47.0 Å². The lowest BCUT2D eigenvalue weighted by atomic mass is 9.91. The van der Waals surface area contributed by atoms with Crippen molar-refractivity contribution in [3.8, 4) is 0 Å². The average Bonchev–Trinajstić information content (AvgIpc) is 2.97. The number of hydrogen-bond donors (Lipinski definition) is 1. The first-order valence-corrected chi connectivity index (χ1v) is 6.93. The summed E-state index contributed by atoms with van der Waals surface area (Å²) in [5.74, 6) is 1.000. The van der Waals surface area contributed by atoms with Gasteiger partial charge in [-0.2, -0.15) is 0 Å². The van der Waals surface area contributed by atoms with Gasteiger partial charge in [0, 0.05) is 25.2 Å². The van der Waals surface area contributed by atoms with Crippen LogP contribution in [0.4, 0.5) is 0 Å². The van der Waals surface area contributed by atoms with Crippen LogP contribution in [0.25, 0.3) is 0 Å². The van der Waals surface area contributed by atoms with Crippen LogP contribution in [0.3, 0.4) is 0 Å². The van der Waals surface area contributed by atoms with E-state index in [0.717, 1.165) is 12.0 Å². The molecule has 1 aliphatic heterocycles. The summed E-state index contributed by atoms with van der Waals surface area (Å²) in [4.78, 5) is 2.75. The summed E-state index contributed by atoms with van der Waals surface area (Å²) < 4.78 is 0. The van der Waals surface area contributed by atoms with E-state index in [0.29, 0.717) is 11.5 Å². The molecule has 2 heteroatoms. The zero-order chi connectivity index (χ0) is 11.8. The van der Waals surface area contributed by atoms with Crippen molar-refractivity contribution < 1.29 is 0 Å². The maximum absolute atomic E-state index is 3.64. The van der Waals surface area contributed by atoms with E-state index < -0.39 is 0 Å². The van der Waals surface area contributed by atoms with Gasteiger partial charge >= 0.3 is 0 Å². The molecule has 0 aromatic rings. The van der Waals surface area contributed by atoms with Crippen LogP contribution in [-0.2, 0) is 0 Å². The Balaban J connectivity index is 1.87. The summed E-state index contributed by atoms with van der Waals surface area (Å²) >= 11 is 0. The highest BCUT2D eigenvalue weighted by molar-refractivity contribution is 4.94. The van der Waals surface area contributed by atoms with Crippen molar-refractivity contribution in [1.82, 2.24) is 10.2 Å². The fourth-order valence-corrected chi connectivity index (χ4v) is 2.68. The number of nitrogens with zero attached hydrogens (tertiary/aromatic N) is 1. The first-order chi connectivity index (χ1) is 7.46. The molecule has 0 aromatic heterocycles. The van der Waals surface area contributed by atoms with Crippen LogP contribution >= 0.6 is 0 Å². The maximum Gasteiger partial charge on any atom is 0.0249 e. The molecule has 0 radical (unpaired) electrons. The lowest BCUT2D eigenvalue weighted by Gasteiger charge is -2.40. The topological polar surface area (TPSA) is 15.3 Å². The first-order valence-electron chi connectivity index (χ1n) is 6.93. The van der Waals surface area contributed by atoms with Gasteiger partial charge < -0.3 is 5.32 Å². The smallest absolute Gasteiger partial charge is 0.0249 e. The van der Waals surface area contributed by atoms with E-state index in [9.17, 15) is 0 Å². The minimum absolute atomic E-state index is 0.474. The molecule has 1 N–H and O–H groups in total. The molecule has 1 aliphatic carbocycles. The molecule has 2 nitrogen and oxygen atoms in total. The normalized spacial score (nSPS) is 33.0. The zero-order valence-corrected chi connectivity index (χ0v) is 11.4. The standard InChI is InChI=1S/C14H28N2/c1-11-10-16(8-7-14(2,3)4)13(9-15-11)12-5-6-12/h11-13,15H,5-10H2,1-4H3. The molecule has 2 unspecified atom stereocenters. The Hall–Kier alpha value is -0.0800. The van der Waals surface area contributed by atoms with E-state index in [2.05, 4.69) is 37.9 Å². The molecule has 0 aromatic carbocycles. The zero-order valence-electron chi connectivity index (χ0n) is 11.4. The lowest BCUT2D eigenvalue weighted by Crippen LogP contribution is -2.56. The van der Waals surface area contributed by atoms with E-state index in [4.69, 9.17) is 0 Å². The Morgan fingerprint density at radius 2 is 1.94 bits per heavy atom. The summed E-state index contributed by atoms with van der Waals surface area (Å²) in [7, 11) is 0. The van der Waals surface area contributed by atoms with Gasteiger partial charge in [-0.15, -0.1) is 0 Å². The summed E-state index contributed by atoms with van der Waals surface area (Å²) in [6, 6.07) is 1.51. The van der Waals surface area contributed by atoms with Crippen molar-refractivity contribution in [3.63, 3.8) is 0 Å². The van der Waals surface area contributed by atoms with Gasteiger partial charge in [0.05, 0.1) is 0 Å². The van der Waals surface area contributed by atoms with Crippen LogP contribution in [-0.4, -0.2) is 36.6 Å². The van der Waals surface area contributed by atoms with Crippen molar-refractivity contribution in [3.05, 3.63) is 0 Å². The quantitative estimate of drug-likeness (QED) is 0.792. The summed E-state index contributed by atoms with van der Waals surface area (Å²) in [5.41, 5.74) is 0.474. The number of hydrogen-bond acceptors (Lipinski definition) is 2. The number of nitrogens with one attached hydrogen (secondary N) is 1. The predicted molar refractivity (Wildman–Crippen MR) is 69.6 cm³/mol. The Morgan fingerprint density at radius 3 is 2.50 bits per heavy atom. The second-order valence-corrected chi connectivity index (χ2v) is 7.02. The SMILES string of the molecule is CC1CN(CCC(C)(C)C)C(C2CC2)CN1. The maximum atomic E-state index is 3.64. The Morgan fingerprint density at radius 1 is 1.25 bits per heavy atom. The molecule has 2 atom stereocenters. The van der Waals surface area contributed by atoms with Gasteiger partial charge in [0.15, 0.2) is 0 Å². The van der Waals surface area contributed by atoms with Crippen LogP contribution in [0.15, 0.2) is 0 Å². The molecule has 16 heavy (non-hydrogen) atoms. The summed E-state index contributed by atoms with van der Waals surface area (Å²) in [6.45, 7) is 13.1. The molecule has 1 saturated carbocycles. The average molecular weight is 224 g/mol. The van der Waals surface area contributed by atoms with E-state index in [1.54, 1.807) is 0 Å². The van der Waals surface area contributed by atoms with Gasteiger partial charge in [0.25, 0.3) is 0 Å². The highest BCUT2D eigenvalue weighted by Gasteiger charge is 2.37. The Labute approximate surface area is 101 Å². The predicted octanol–water partition coefficient (Wildman–Crippen LogP) is 2.49. The second kappa shape index (κ2) is 4.66. The van der Waals surface area contributed by atoms with E-state index >= 15 is 0 Å². The van der Waals surface area contributed by atoms with Gasteiger partial charge in [-0.1, -0.05) is 20.8 Å². The number of rotatable bonds is 3.